The van der Waals surface area contributed by atoms with Crippen LogP contribution in [0.5, 0.6) is 0 Å². The van der Waals surface area contributed by atoms with Crippen molar-refractivity contribution in [2.75, 3.05) is 30.3 Å². The zero-order chi connectivity index (χ0) is 16.8. The van der Waals surface area contributed by atoms with Crippen LogP contribution in [0.25, 0.3) is 0 Å². The van der Waals surface area contributed by atoms with Crippen LogP contribution in [0, 0.1) is 6.92 Å². The Kier molecular flexibility index (Phi) is 5.88. The lowest BCUT2D eigenvalue weighted by molar-refractivity contribution is 0.120. The summed E-state index contributed by atoms with van der Waals surface area (Å²) >= 11 is 5.90. The Bertz CT molecular complexity index is 657. The molecule has 0 amide bonds. The van der Waals surface area contributed by atoms with Gasteiger partial charge in [-0.1, -0.05) is 23.7 Å². The van der Waals surface area contributed by atoms with Gasteiger partial charge < -0.3 is 15.4 Å². The van der Waals surface area contributed by atoms with Gasteiger partial charge in [0.25, 0.3) is 0 Å². The fourth-order valence-corrected chi connectivity index (χ4v) is 2.88. The summed E-state index contributed by atoms with van der Waals surface area (Å²) in [6, 6.07) is 9.87. The van der Waals surface area contributed by atoms with Crippen LogP contribution in [0.4, 0.5) is 11.6 Å². The molecule has 24 heavy (non-hydrogen) atoms. The summed E-state index contributed by atoms with van der Waals surface area (Å²) in [6.07, 6.45) is 3.47. The number of nitrogens with one attached hydrogen (secondary N) is 2. The molecule has 1 aromatic heterocycles. The predicted octanol–water partition coefficient (Wildman–Crippen LogP) is 3.68. The number of rotatable bonds is 7. The molecule has 1 aromatic carbocycles. The highest BCUT2D eigenvalue weighted by Gasteiger charge is 2.15. The van der Waals surface area contributed by atoms with Crippen molar-refractivity contribution in [3.63, 3.8) is 0 Å². The number of halogens is 1. The first-order valence-corrected chi connectivity index (χ1v) is 8.76. The molecule has 6 heteroatoms. The Morgan fingerprint density at radius 2 is 1.92 bits per heavy atom. The minimum absolute atomic E-state index is 0.293. The third-order valence-electron chi connectivity index (χ3n) is 4.01. The average Bonchev–Trinajstić information content (AvgIpc) is 3.08. The molecule has 2 N–H and O–H groups in total. The van der Waals surface area contributed by atoms with Crippen molar-refractivity contribution in [2.24, 2.45) is 0 Å². The molecule has 0 bridgehead atoms. The SMILES string of the molecule is Cc1nc(NCCc2ccc(Cl)cc2)cc(NCC2CCCO2)n1. The molecular formula is C18H23ClN4O. The van der Waals surface area contributed by atoms with Crippen LogP contribution in [0.3, 0.4) is 0 Å². The molecule has 1 aliphatic rings. The summed E-state index contributed by atoms with van der Waals surface area (Å²) in [5.74, 6) is 2.43. The number of nitrogens with zero attached hydrogens (tertiary/aromatic N) is 2. The minimum atomic E-state index is 0.293. The van der Waals surface area contributed by atoms with Crippen molar-refractivity contribution < 1.29 is 4.74 Å². The minimum Gasteiger partial charge on any atom is -0.376 e. The summed E-state index contributed by atoms with van der Waals surface area (Å²) in [5.41, 5.74) is 1.24. The van der Waals surface area contributed by atoms with Gasteiger partial charge in [0.2, 0.25) is 0 Å². The Labute approximate surface area is 147 Å². The molecule has 0 radical (unpaired) electrons. The van der Waals surface area contributed by atoms with Crippen LogP contribution in [0.15, 0.2) is 30.3 Å². The van der Waals surface area contributed by atoms with E-state index < -0.39 is 0 Å². The average molecular weight is 347 g/mol. The highest BCUT2D eigenvalue weighted by Crippen LogP contribution is 2.15. The largest absolute Gasteiger partial charge is 0.376 e. The van der Waals surface area contributed by atoms with Crippen molar-refractivity contribution in [3.05, 3.63) is 46.7 Å². The maximum absolute atomic E-state index is 5.90. The Morgan fingerprint density at radius 3 is 2.62 bits per heavy atom. The predicted molar refractivity (Wildman–Crippen MR) is 97.9 cm³/mol. The van der Waals surface area contributed by atoms with Crippen LogP contribution in [-0.2, 0) is 11.2 Å². The van der Waals surface area contributed by atoms with Gasteiger partial charge in [0.15, 0.2) is 0 Å². The topological polar surface area (TPSA) is 59.1 Å². The van der Waals surface area contributed by atoms with Gasteiger partial charge in [-0.05, 0) is 43.9 Å². The molecule has 5 nitrogen and oxygen atoms in total. The van der Waals surface area contributed by atoms with Crippen molar-refractivity contribution in [3.8, 4) is 0 Å². The zero-order valence-corrected chi connectivity index (χ0v) is 14.6. The summed E-state index contributed by atoms with van der Waals surface area (Å²) in [4.78, 5) is 8.88. The number of hydrogen-bond donors (Lipinski definition) is 2. The number of anilines is 2. The molecule has 0 spiro atoms. The van der Waals surface area contributed by atoms with Gasteiger partial charge in [-0.2, -0.15) is 0 Å². The lowest BCUT2D eigenvalue weighted by atomic mass is 10.1. The fraction of sp³-hybridized carbons (Fsp3) is 0.444. The second kappa shape index (κ2) is 8.31. The van der Waals surface area contributed by atoms with Gasteiger partial charge in [-0.15, -0.1) is 0 Å². The summed E-state index contributed by atoms with van der Waals surface area (Å²) in [5, 5.41) is 7.48. The van der Waals surface area contributed by atoms with Gasteiger partial charge in [0.1, 0.15) is 17.5 Å². The molecule has 128 valence electrons. The lowest BCUT2D eigenvalue weighted by Crippen LogP contribution is -2.19. The van der Waals surface area contributed by atoms with E-state index in [1.165, 1.54) is 5.56 Å². The first kappa shape index (κ1) is 17.0. The van der Waals surface area contributed by atoms with Crippen LogP contribution >= 0.6 is 11.6 Å². The lowest BCUT2D eigenvalue weighted by Gasteiger charge is -2.13. The second-order valence-electron chi connectivity index (χ2n) is 6.00. The standard InChI is InChI=1S/C18H23ClN4O/c1-13-22-17(20-9-8-14-4-6-15(19)7-5-14)11-18(23-13)21-12-16-3-2-10-24-16/h4-7,11,16H,2-3,8-10,12H2,1H3,(H2,20,21,22,23). The third-order valence-corrected chi connectivity index (χ3v) is 4.26. The highest BCUT2D eigenvalue weighted by molar-refractivity contribution is 6.30. The van der Waals surface area contributed by atoms with E-state index in [4.69, 9.17) is 16.3 Å². The van der Waals surface area contributed by atoms with Crippen molar-refractivity contribution in [1.29, 1.82) is 0 Å². The van der Waals surface area contributed by atoms with E-state index in [1.54, 1.807) is 0 Å². The number of aromatic nitrogens is 2. The van der Waals surface area contributed by atoms with Gasteiger partial charge >= 0.3 is 0 Å². The first-order chi connectivity index (χ1) is 11.7. The quantitative estimate of drug-likeness (QED) is 0.800. The van der Waals surface area contributed by atoms with Crippen LogP contribution in [-0.4, -0.2) is 35.8 Å². The Morgan fingerprint density at radius 1 is 1.17 bits per heavy atom. The molecule has 0 aliphatic carbocycles. The van der Waals surface area contributed by atoms with Crippen molar-refractivity contribution in [1.82, 2.24) is 9.97 Å². The number of aryl methyl sites for hydroxylation is 1. The zero-order valence-electron chi connectivity index (χ0n) is 13.9. The third kappa shape index (κ3) is 5.08. The van der Waals surface area contributed by atoms with Crippen LogP contribution in [0.2, 0.25) is 5.02 Å². The Balaban J connectivity index is 1.51. The van der Waals surface area contributed by atoms with E-state index in [9.17, 15) is 0 Å². The second-order valence-corrected chi connectivity index (χ2v) is 6.44. The molecular weight excluding hydrogens is 324 g/mol. The van der Waals surface area contributed by atoms with Gasteiger partial charge in [-0.25, -0.2) is 9.97 Å². The molecule has 1 fully saturated rings. The molecule has 2 aromatic rings. The van der Waals surface area contributed by atoms with E-state index in [0.29, 0.717) is 6.10 Å². The summed E-state index contributed by atoms with van der Waals surface area (Å²) in [6.45, 7) is 4.37. The maximum Gasteiger partial charge on any atom is 0.131 e. The van der Waals surface area contributed by atoms with E-state index in [-0.39, 0.29) is 0 Å². The fourth-order valence-electron chi connectivity index (χ4n) is 2.76. The number of hydrogen-bond acceptors (Lipinski definition) is 5. The smallest absolute Gasteiger partial charge is 0.131 e. The molecule has 2 heterocycles. The number of benzene rings is 1. The van der Waals surface area contributed by atoms with Crippen molar-refractivity contribution in [2.45, 2.75) is 32.3 Å². The van der Waals surface area contributed by atoms with Gasteiger partial charge in [-0.3, -0.25) is 0 Å². The normalized spacial score (nSPS) is 17.0. The van der Waals surface area contributed by atoms with E-state index >= 15 is 0 Å². The molecule has 0 saturated carbocycles. The first-order valence-electron chi connectivity index (χ1n) is 8.38. The molecule has 1 unspecified atom stereocenters. The summed E-state index contributed by atoms with van der Waals surface area (Å²) < 4.78 is 5.63. The van der Waals surface area contributed by atoms with Gasteiger partial charge in [0, 0.05) is 30.8 Å². The maximum atomic E-state index is 5.90. The Hall–Kier alpha value is -1.85. The monoisotopic (exact) mass is 346 g/mol. The van der Waals surface area contributed by atoms with E-state index in [0.717, 1.165) is 61.4 Å². The molecule has 3 rings (SSSR count). The van der Waals surface area contributed by atoms with Crippen LogP contribution in [0.1, 0.15) is 24.2 Å². The van der Waals surface area contributed by atoms with Gasteiger partial charge in [0.05, 0.1) is 6.10 Å². The van der Waals surface area contributed by atoms with Crippen molar-refractivity contribution >= 4 is 23.2 Å². The highest BCUT2D eigenvalue weighted by atomic mass is 35.5. The van der Waals surface area contributed by atoms with E-state index in [1.807, 2.05) is 37.3 Å². The van der Waals surface area contributed by atoms with Crippen LogP contribution < -0.4 is 10.6 Å². The number of ether oxygens (including phenoxy) is 1. The summed E-state index contributed by atoms with van der Waals surface area (Å²) in [7, 11) is 0. The van der Waals surface area contributed by atoms with E-state index in [2.05, 4.69) is 20.6 Å². The molecule has 1 aliphatic heterocycles. The molecule has 1 atom stereocenters. The molecule has 1 saturated heterocycles.